The fraction of sp³-hybridized carbons (Fsp3) is 0.0227. The highest BCUT2D eigenvalue weighted by Crippen LogP contribution is 2.40. The number of hydrogen-bond donors (Lipinski definition) is 0. The lowest BCUT2D eigenvalue weighted by Gasteiger charge is -2.17. The number of hydrogen-bond acceptors (Lipinski definition) is 3. The Bertz CT molecular complexity index is 2430. The number of aromatic nitrogens is 3. The highest BCUT2D eigenvalue weighted by Gasteiger charge is 2.19. The molecule has 2 heterocycles. The first-order valence-corrected chi connectivity index (χ1v) is 15.8. The molecular weight excluding hydrogens is 571 g/mol. The summed E-state index contributed by atoms with van der Waals surface area (Å²) in [7, 11) is 0. The van der Waals surface area contributed by atoms with Crippen molar-refractivity contribution in [3.63, 3.8) is 0 Å². The maximum Gasteiger partial charge on any atom is 0.160 e. The second-order valence-electron chi connectivity index (χ2n) is 11.8. The lowest BCUT2D eigenvalue weighted by Crippen LogP contribution is -2.01. The Labute approximate surface area is 274 Å². The van der Waals surface area contributed by atoms with E-state index in [9.17, 15) is 0 Å². The van der Waals surface area contributed by atoms with Crippen molar-refractivity contribution in [3.8, 4) is 56.2 Å². The quantitative estimate of drug-likeness (QED) is 0.178. The molecule has 222 valence electrons. The van der Waals surface area contributed by atoms with Gasteiger partial charge < -0.3 is 0 Å². The van der Waals surface area contributed by atoms with Crippen molar-refractivity contribution < 1.29 is 0 Å². The Morgan fingerprint density at radius 1 is 0.489 bits per heavy atom. The van der Waals surface area contributed by atoms with Gasteiger partial charge in [-0.15, -0.1) is 0 Å². The molecule has 0 aliphatic heterocycles. The van der Waals surface area contributed by atoms with E-state index in [1.165, 1.54) is 27.1 Å². The minimum Gasteiger partial charge on any atom is -0.265 e. The van der Waals surface area contributed by atoms with E-state index >= 15 is 0 Å². The molecule has 8 aromatic rings. The molecule has 0 radical (unpaired) electrons. The molecule has 0 aliphatic carbocycles. The molecule has 3 nitrogen and oxygen atoms in total. The van der Waals surface area contributed by atoms with Crippen molar-refractivity contribution in [2.45, 2.75) is 6.92 Å². The maximum absolute atomic E-state index is 5.32. The molecule has 0 bridgehead atoms. The monoisotopic (exact) mass is 601 g/mol. The van der Waals surface area contributed by atoms with E-state index in [1.54, 1.807) is 0 Å². The SMILES string of the molecule is C=Cc1ccccc1-c1nc(-c2cc(-c3ccncc3)cc(-c3cc4ccccc4c4ccccc34)c2)nc(-c2ccccc2)c1C. The van der Waals surface area contributed by atoms with E-state index in [0.29, 0.717) is 5.82 Å². The second kappa shape index (κ2) is 12.0. The van der Waals surface area contributed by atoms with Crippen molar-refractivity contribution in [2.24, 2.45) is 0 Å². The summed E-state index contributed by atoms with van der Waals surface area (Å²) in [4.78, 5) is 14.9. The largest absolute Gasteiger partial charge is 0.265 e. The van der Waals surface area contributed by atoms with Crippen LogP contribution in [-0.4, -0.2) is 15.0 Å². The third-order valence-corrected chi connectivity index (χ3v) is 8.91. The fourth-order valence-corrected chi connectivity index (χ4v) is 6.59. The van der Waals surface area contributed by atoms with Crippen LogP contribution in [0.25, 0.3) is 83.8 Å². The van der Waals surface area contributed by atoms with Gasteiger partial charge in [0.25, 0.3) is 0 Å². The highest BCUT2D eigenvalue weighted by atomic mass is 14.9. The van der Waals surface area contributed by atoms with E-state index in [-0.39, 0.29) is 0 Å². The van der Waals surface area contributed by atoms with Crippen molar-refractivity contribution in [2.75, 3.05) is 0 Å². The van der Waals surface area contributed by atoms with Gasteiger partial charge in [0.05, 0.1) is 11.4 Å². The van der Waals surface area contributed by atoms with Gasteiger partial charge >= 0.3 is 0 Å². The summed E-state index contributed by atoms with van der Waals surface area (Å²) in [6.45, 7) is 6.21. The zero-order valence-electron chi connectivity index (χ0n) is 26.1. The molecule has 0 saturated carbocycles. The van der Waals surface area contributed by atoms with E-state index in [2.05, 4.69) is 146 Å². The van der Waals surface area contributed by atoms with Crippen LogP contribution in [0.4, 0.5) is 0 Å². The Balaban J connectivity index is 1.43. The van der Waals surface area contributed by atoms with Gasteiger partial charge in [-0.05, 0) is 92.7 Å². The Morgan fingerprint density at radius 3 is 1.94 bits per heavy atom. The molecule has 0 amide bonds. The van der Waals surface area contributed by atoms with Gasteiger partial charge in [0.1, 0.15) is 0 Å². The molecule has 47 heavy (non-hydrogen) atoms. The molecule has 0 N–H and O–H groups in total. The van der Waals surface area contributed by atoms with Gasteiger partial charge in [0, 0.05) is 34.6 Å². The van der Waals surface area contributed by atoms with Crippen molar-refractivity contribution in [1.82, 2.24) is 15.0 Å². The van der Waals surface area contributed by atoms with Crippen LogP contribution >= 0.6 is 0 Å². The molecule has 0 spiro atoms. The van der Waals surface area contributed by atoms with Crippen molar-refractivity contribution >= 4 is 27.6 Å². The maximum atomic E-state index is 5.32. The minimum atomic E-state index is 0.672. The summed E-state index contributed by atoms with van der Waals surface area (Å²) in [6, 6.07) is 49.1. The molecule has 0 unspecified atom stereocenters. The highest BCUT2D eigenvalue weighted by molar-refractivity contribution is 6.14. The Hall–Kier alpha value is -6.19. The summed E-state index contributed by atoms with van der Waals surface area (Å²) in [6.07, 6.45) is 5.58. The van der Waals surface area contributed by atoms with E-state index in [1.807, 2.05) is 30.6 Å². The van der Waals surface area contributed by atoms with Crippen LogP contribution in [0.15, 0.2) is 158 Å². The third kappa shape index (κ3) is 5.18. The van der Waals surface area contributed by atoms with Crippen LogP contribution in [0.3, 0.4) is 0 Å². The number of rotatable bonds is 6. The molecule has 0 saturated heterocycles. The summed E-state index contributed by atoms with van der Waals surface area (Å²) in [5.41, 5.74) is 11.3. The normalized spacial score (nSPS) is 11.2. The summed E-state index contributed by atoms with van der Waals surface area (Å²) >= 11 is 0. The summed E-state index contributed by atoms with van der Waals surface area (Å²) < 4.78 is 0. The van der Waals surface area contributed by atoms with Crippen molar-refractivity contribution in [3.05, 3.63) is 170 Å². The lowest BCUT2D eigenvalue weighted by atomic mass is 9.90. The van der Waals surface area contributed by atoms with Crippen LogP contribution in [0.5, 0.6) is 0 Å². The fourth-order valence-electron chi connectivity index (χ4n) is 6.59. The molecular formula is C44H31N3. The van der Waals surface area contributed by atoms with Crippen LogP contribution in [0.1, 0.15) is 11.1 Å². The predicted molar refractivity (Wildman–Crippen MR) is 197 cm³/mol. The minimum absolute atomic E-state index is 0.672. The number of pyridine rings is 1. The molecule has 8 rings (SSSR count). The number of fused-ring (bicyclic) bond motifs is 3. The molecule has 0 aliphatic rings. The summed E-state index contributed by atoms with van der Waals surface area (Å²) in [5.74, 6) is 0.672. The second-order valence-corrected chi connectivity index (χ2v) is 11.8. The van der Waals surface area contributed by atoms with Gasteiger partial charge in [-0.3, -0.25) is 4.98 Å². The van der Waals surface area contributed by atoms with Crippen LogP contribution in [-0.2, 0) is 0 Å². The first-order valence-electron chi connectivity index (χ1n) is 15.8. The van der Waals surface area contributed by atoms with Gasteiger partial charge in [-0.1, -0.05) is 116 Å². The van der Waals surface area contributed by atoms with Crippen LogP contribution in [0.2, 0.25) is 0 Å². The topological polar surface area (TPSA) is 38.7 Å². The molecule has 3 heteroatoms. The summed E-state index contributed by atoms with van der Waals surface area (Å²) in [5, 5.41) is 4.90. The van der Waals surface area contributed by atoms with Gasteiger partial charge in [0.15, 0.2) is 5.82 Å². The first-order chi connectivity index (χ1) is 23.2. The van der Waals surface area contributed by atoms with E-state index in [4.69, 9.17) is 9.97 Å². The Morgan fingerprint density at radius 2 is 1.13 bits per heavy atom. The van der Waals surface area contributed by atoms with Crippen LogP contribution in [0, 0.1) is 6.92 Å². The van der Waals surface area contributed by atoms with Gasteiger partial charge in [-0.2, -0.15) is 0 Å². The predicted octanol–water partition coefficient (Wildman–Crippen LogP) is 11.5. The lowest BCUT2D eigenvalue weighted by molar-refractivity contribution is 1.15. The zero-order valence-corrected chi connectivity index (χ0v) is 26.1. The van der Waals surface area contributed by atoms with Crippen LogP contribution < -0.4 is 0 Å². The molecule has 0 atom stereocenters. The number of nitrogens with zero attached hydrogens (tertiary/aromatic N) is 3. The third-order valence-electron chi connectivity index (χ3n) is 8.91. The average molecular weight is 602 g/mol. The zero-order chi connectivity index (χ0) is 31.7. The smallest absolute Gasteiger partial charge is 0.160 e. The Kier molecular flexibility index (Phi) is 7.20. The molecule has 2 aromatic heterocycles. The first kappa shape index (κ1) is 28.3. The van der Waals surface area contributed by atoms with Crippen molar-refractivity contribution in [1.29, 1.82) is 0 Å². The van der Waals surface area contributed by atoms with Gasteiger partial charge in [0.2, 0.25) is 0 Å². The average Bonchev–Trinajstić information content (AvgIpc) is 3.15. The standard InChI is InChI=1S/C44H31N3/c1-3-30-13-7-10-18-38(30)43-29(2)42(32-14-5-4-6-15-32)46-44(47-43)36-26-34(31-21-23-45-24-22-31)25-35(27-36)41-28-33-16-8-9-17-37(33)39-19-11-12-20-40(39)41/h3-28H,1H2,2H3. The van der Waals surface area contributed by atoms with E-state index in [0.717, 1.165) is 55.9 Å². The van der Waals surface area contributed by atoms with E-state index < -0.39 is 0 Å². The molecule has 6 aromatic carbocycles. The molecule has 0 fully saturated rings. The van der Waals surface area contributed by atoms with Gasteiger partial charge in [-0.25, -0.2) is 9.97 Å². The number of benzene rings is 6.